The lowest BCUT2D eigenvalue weighted by Gasteiger charge is -2.41. The van der Waals surface area contributed by atoms with Gasteiger partial charge in [-0.2, -0.15) is 0 Å². The first-order valence-corrected chi connectivity index (χ1v) is 7.27. The second kappa shape index (κ2) is 5.10. The van der Waals surface area contributed by atoms with E-state index in [2.05, 4.69) is 28.9 Å². The van der Waals surface area contributed by atoms with Gasteiger partial charge in [-0.3, -0.25) is 0 Å². The molecule has 2 saturated heterocycles. The number of pyridine rings is 1. The van der Waals surface area contributed by atoms with Crippen molar-refractivity contribution < 1.29 is 4.74 Å². The molecule has 0 aliphatic carbocycles. The summed E-state index contributed by atoms with van der Waals surface area (Å²) in [6.07, 6.45) is 5.27. The summed E-state index contributed by atoms with van der Waals surface area (Å²) < 4.78 is 5.56. The predicted molar refractivity (Wildman–Crippen MR) is 76.3 cm³/mol. The standard InChI is InChI=1S/C15H23N3O/c1-2-12-3-4-14(17-9-12)18-7-5-15(6-8-18)11-19-10-13(15)16/h3-4,9,13H,2,5-8,10-11,16H2,1H3. The minimum Gasteiger partial charge on any atom is -0.379 e. The van der Waals surface area contributed by atoms with Gasteiger partial charge in [0.05, 0.1) is 13.2 Å². The Balaban J connectivity index is 1.66. The molecule has 1 atom stereocenters. The van der Waals surface area contributed by atoms with Gasteiger partial charge in [-0.1, -0.05) is 13.0 Å². The Morgan fingerprint density at radius 2 is 2.21 bits per heavy atom. The molecule has 4 heteroatoms. The third-order valence-electron chi connectivity index (χ3n) is 4.77. The van der Waals surface area contributed by atoms with Crippen molar-refractivity contribution in [2.24, 2.45) is 11.1 Å². The molecule has 3 rings (SSSR count). The summed E-state index contributed by atoms with van der Waals surface area (Å²) in [5.41, 5.74) is 7.72. The van der Waals surface area contributed by atoms with Crippen LogP contribution in [0, 0.1) is 5.41 Å². The molecule has 0 radical (unpaired) electrons. The molecule has 19 heavy (non-hydrogen) atoms. The van der Waals surface area contributed by atoms with E-state index in [4.69, 9.17) is 10.5 Å². The highest BCUT2D eigenvalue weighted by Crippen LogP contribution is 2.39. The van der Waals surface area contributed by atoms with Gasteiger partial charge in [0.1, 0.15) is 5.82 Å². The van der Waals surface area contributed by atoms with E-state index in [1.807, 2.05) is 6.20 Å². The smallest absolute Gasteiger partial charge is 0.128 e. The molecule has 3 heterocycles. The van der Waals surface area contributed by atoms with Gasteiger partial charge in [0.25, 0.3) is 0 Å². The van der Waals surface area contributed by atoms with Gasteiger partial charge in [0, 0.05) is 30.7 Å². The topological polar surface area (TPSA) is 51.4 Å². The van der Waals surface area contributed by atoms with Gasteiger partial charge >= 0.3 is 0 Å². The lowest BCUT2D eigenvalue weighted by molar-refractivity contribution is 0.131. The van der Waals surface area contributed by atoms with Gasteiger partial charge in [0.2, 0.25) is 0 Å². The minimum atomic E-state index is 0.213. The Kier molecular flexibility index (Phi) is 3.46. The number of rotatable bonds is 2. The highest BCUT2D eigenvalue weighted by Gasteiger charge is 2.44. The van der Waals surface area contributed by atoms with E-state index < -0.39 is 0 Å². The summed E-state index contributed by atoms with van der Waals surface area (Å²) in [5.74, 6) is 1.10. The monoisotopic (exact) mass is 261 g/mol. The van der Waals surface area contributed by atoms with Crippen LogP contribution in [0.15, 0.2) is 18.3 Å². The summed E-state index contributed by atoms with van der Waals surface area (Å²) in [5, 5.41) is 0. The number of nitrogens with two attached hydrogens (primary N) is 1. The predicted octanol–water partition coefficient (Wildman–Crippen LogP) is 1.59. The van der Waals surface area contributed by atoms with E-state index in [0.717, 1.165) is 51.4 Å². The van der Waals surface area contributed by atoms with Crippen LogP contribution in [0.3, 0.4) is 0 Å². The lowest BCUT2D eigenvalue weighted by atomic mass is 9.75. The highest BCUT2D eigenvalue weighted by atomic mass is 16.5. The van der Waals surface area contributed by atoms with Gasteiger partial charge in [-0.25, -0.2) is 4.98 Å². The molecule has 104 valence electrons. The second-order valence-corrected chi connectivity index (χ2v) is 5.85. The van der Waals surface area contributed by atoms with Crippen LogP contribution in [0.25, 0.3) is 0 Å². The summed E-state index contributed by atoms with van der Waals surface area (Å²) in [4.78, 5) is 6.94. The summed E-state index contributed by atoms with van der Waals surface area (Å²) >= 11 is 0. The lowest BCUT2D eigenvalue weighted by Crippen LogP contribution is -2.49. The van der Waals surface area contributed by atoms with Crippen LogP contribution in [0.5, 0.6) is 0 Å². The van der Waals surface area contributed by atoms with Gasteiger partial charge in [-0.15, -0.1) is 0 Å². The van der Waals surface area contributed by atoms with Crippen molar-refractivity contribution in [3.8, 4) is 0 Å². The Morgan fingerprint density at radius 1 is 1.42 bits per heavy atom. The fourth-order valence-electron chi connectivity index (χ4n) is 3.18. The Hall–Kier alpha value is -1.13. The molecule has 2 N–H and O–H groups in total. The molecular formula is C15H23N3O. The van der Waals surface area contributed by atoms with Crippen LogP contribution >= 0.6 is 0 Å². The third-order valence-corrected chi connectivity index (χ3v) is 4.77. The molecule has 0 saturated carbocycles. The van der Waals surface area contributed by atoms with E-state index in [-0.39, 0.29) is 11.5 Å². The molecule has 1 aromatic heterocycles. The van der Waals surface area contributed by atoms with Crippen LogP contribution in [-0.2, 0) is 11.2 Å². The van der Waals surface area contributed by atoms with E-state index in [1.165, 1.54) is 5.56 Å². The fraction of sp³-hybridized carbons (Fsp3) is 0.667. The van der Waals surface area contributed by atoms with Crippen LogP contribution in [-0.4, -0.2) is 37.3 Å². The van der Waals surface area contributed by atoms with E-state index in [0.29, 0.717) is 0 Å². The average molecular weight is 261 g/mol. The molecule has 2 aliphatic rings. The quantitative estimate of drug-likeness (QED) is 0.878. The van der Waals surface area contributed by atoms with Gasteiger partial charge in [0.15, 0.2) is 0 Å². The zero-order chi connectivity index (χ0) is 13.3. The van der Waals surface area contributed by atoms with Crippen LogP contribution in [0.4, 0.5) is 5.82 Å². The molecule has 0 bridgehead atoms. The number of ether oxygens (including phenoxy) is 1. The Morgan fingerprint density at radius 3 is 2.74 bits per heavy atom. The molecule has 1 aromatic rings. The molecule has 4 nitrogen and oxygen atoms in total. The maximum atomic E-state index is 6.21. The van der Waals surface area contributed by atoms with E-state index in [9.17, 15) is 0 Å². The van der Waals surface area contributed by atoms with Crippen LogP contribution in [0.2, 0.25) is 0 Å². The third kappa shape index (κ3) is 2.35. The van der Waals surface area contributed by atoms with Crippen molar-refractivity contribution in [2.45, 2.75) is 32.2 Å². The Bertz CT molecular complexity index is 424. The first-order valence-electron chi connectivity index (χ1n) is 7.27. The number of hydrogen-bond acceptors (Lipinski definition) is 4. The van der Waals surface area contributed by atoms with E-state index >= 15 is 0 Å². The van der Waals surface area contributed by atoms with Crippen molar-refractivity contribution in [1.82, 2.24) is 4.98 Å². The van der Waals surface area contributed by atoms with Gasteiger partial charge < -0.3 is 15.4 Å². The number of aromatic nitrogens is 1. The molecule has 1 unspecified atom stereocenters. The number of anilines is 1. The molecule has 0 amide bonds. The molecule has 0 aromatic carbocycles. The average Bonchev–Trinajstić information content (AvgIpc) is 2.81. The zero-order valence-electron chi connectivity index (χ0n) is 11.6. The largest absolute Gasteiger partial charge is 0.379 e. The number of hydrogen-bond donors (Lipinski definition) is 1. The molecule has 2 fully saturated rings. The first kappa shape index (κ1) is 12.9. The molecule has 2 aliphatic heterocycles. The van der Waals surface area contributed by atoms with Crippen molar-refractivity contribution >= 4 is 5.82 Å². The van der Waals surface area contributed by atoms with Crippen LogP contribution in [0.1, 0.15) is 25.3 Å². The minimum absolute atomic E-state index is 0.213. The van der Waals surface area contributed by atoms with Crippen molar-refractivity contribution in [2.75, 3.05) is 31.2 Å². The number of piperidine rings is 1. The molecule has 1 spiro atoms. The maximum Gasteiger partial charge on any atom is 0.128 e. The van der Waals surface area contributed by atoms with Crippen molar-refractivity contribution in [1.29, 1.82) is 0 Å². The number of nitrogens with zero attached hydrogens (tertiary/aromatic N) is 2. The Labute approximate surface area is 115 Å². The van der Waals surface area contributed by atoms with Crippen molar-refractivity contribution in [3.63, 3.8) is 0 Å². The fourth-order valence-corrected chi connectivity index (χ4v) is 3.18. The first-order chi connectivity index (χ1) is 9.23. The van der Waals surface area contributed by atoms with Crippen molar-refractivity contribution in [3.05, 3.63) is 23.9 Å². The normalized spacial score (nSPS) is 26.0. The maximum absolute atomic E-state index is 6.21. The zero-order valence-corrected chi connectivity index (χ0v) is 11.6. The second-order valence-electron chi connectivity index (χ2n) is 5.85. The van der Waals surface area contributed by atoms with Gasteiger partial charge in [-0.05, 0) is 30.9 Å². The summed E-state index contributed by atoms with van der Waals surface area (Å²) in [6.45, 7) is 5.79. The summed E-state index contributed by atoms with van der Waals surface area (Å²) in [7, 11) is 0. The number of aryl methyl sites for hydroxylation is 1. The SMILES string of the molecule is CCc1ccc(N2CCC3(CC2)COCC3N)nc1. The van der Waals surface area contributed by atoms with Crippen LogP contribution < -0.4 is 10.6 Å². The molecular weight excluding hydrogens is 238 g/mol. The highest BCUT2D eigenvalue weighted by molar-refractivity contribution is 5.40. The van der Waals surface area contributed by atoms with E-state index in [1.54, 1.807) is 0 Å². The summed E-state index contributed by atoms with van der Waals surface area (Å²) in [6, 6.07) is 4.53.